The van der Waals surface area contributed by atoms with Crippen LogP contribution in [0.1, 0.15) is 22.8 Å². The Hall–Kier alpha value is -2.49. The summed E-state index contributed by atoms with van der Waals surface area (Å²) in [6.45, 7) is 2.05. The fraction of sp³-hybridized carbons (Fsp3) is 0.263. The van der Waals surface area contributed by atoms with Gasteiger partial charge in [-0.3, -0.25) is 19.7 Å². The first-order chi connectivity index (χ1) is 12.9. The number of carbonyl (C=O) groups is 2. The number of amides is 1. The van der Waals surface area contributed by atoms with Crippen LogP contribution in [0, 0.1) is 19.6 Å². The minimum absolute atomic E-state index is 0.0747. The van der Waals surface area contributed by atoms with Crippen molar-refractivity contribution in [2.75, 3.05) is 13.2 Å². The SMILES string of the molecule is CCOC(=O)C(CNC(=O)c1cc([N+](=O)[O-])ccc1I)Cc1ccccc1. The van der Waals surface area contributed by atoms with Crippen LogP contribution in [0.2, 0.25) is 0 Å². The second-order valence-electron chi connectivity index (χ2n) is 5.77. The van der Waals surface area contributed by atoms with E-state index in [-0.39, 0.29) is 24.4 Å². The van der Waals surface area contributed by atoms with Gasteiger partial charge in [-0.15, -0.1) is 0 Å². The number of carbonyl (C=O) groups excluding carboxylic acids is 2. The van der Waals surface area contributed by atoms with Crippen molar-refractivity contribution in [3.63, 3.8) is 0 Å². The molecular weight excluding hydrogens is 463 g/mol. The number of non-ortho nitro benzene ring substituents is 1. The Kier molecular flexibility index (Phi) is 7.71. The Morgan fingerprint density at radius 2 is 1.93 bits per heavy atom. The maximum Gasteiger partial charge on any atom is 0.311 e. The van der Waals surface area contributed by atoms with Gasteiger partial charge in [-0.2, -0.15) is 0 Å². The Bertz CT molecular complexity index is 826. The molecule has 27 heavy (non-hydrogen) atoms. The number of ether oxygens (including phenoxy) is 1. The van der Waals surface area contributed by atoms with E-state index >= 15 is 0 Å². The molecule has 1 N–H and O–H groups in total. The van der Waals surface area contributed by atoms with Crippen LogP contribution in [0.4, 0.5) is 5.69 Å². The topological polar surface area (TPSA) is 98.5 Å². The highest BCUT2D eigenvalue weighted by Crippen LogP contribution is 2.20. The maximum absolute atomic E-state index is 12.5. The maximum atomic E-state index is 12.5. The van der Waals surface area contributed by atoms with Crippen molar-refractivity contribution in [2.45, 2.75) is 13.3 Å². The van der Waals surface area contributed by atoms with Gasteiger partial charge in [0.25, 0.3) is 11.6 Å². The van der Waals surface area contributed by atoms with Crippen molar-refractivity contribution in [1.29, 1.82) is 0 Å². The van der Waals surface area contributed by atoms with E-state index in [0.29, 0.717) is 9.99 Å². The predicted octanol–water partition coefficient (Wildman–Crippen LogP) is 3.35. The summed E-state index contributed by atoms with van der Waals surface area (Å²) in [5, 5.41) is 13.6. The highest BCUT2D eigenvalue weighted by molar-refractivity contribution is 14.1. The molecule has 2 aromatic rings. The number of esters is 1. The average molecular weight is 482 g/mol. The summed E-state index contributed by atoms with van der Waals surface area (Å²) in [6, 6.07) is 13.5. The number of nitrogens with one attached hydrogen (secondary N) is 1. The first-order valence-corrected chi connectivity index (χ1v) is 9.43. The molecule has 0 aliphatic rings. The Morgan fingerprint density at radius 3 is 2.56 bits per heavy atom. The molecule has 1 atom stereocenters. The third-order valence-electron chi connectivity index (χ3n) is 3.86. The van der Waals surface area contributed by atoms with Crippen LogP contribution >= 0.6 is 22.6 Å². The molecule has 142 valence electrons. The smallest absolute Gasteiger partial charge is 0.311 e. The van der Waals surface area contributed by atoms with E-state index < -0.39 is 22.7 Å². The molecule has 0 heterocycles. The van der Waals surface area contributed by atoms with Crippen molar-refractivity contribution in [2.24, 2.45) is 5.92 Å². The van der Waals surface area contributed by atoms with Crippen LogP contribution in [0.5, 0.6) is 0 Å². The lowest BCUT2D eigenvalue weighted by Gasteiger charge is -2.17. The number of benzene rings is 2. The lowest BCUT2D eigenvalue weighted by Crippen LogP contribution is -2.35. The number of nitro groups is 1. The van der Waals surface area contributed by atoms with Crippen LogP contribution in [0.15, 0.2) is 48.5 Å². The molecular formula is C19H19IN2O5. The van der Waals surface area contributed by atoms with Gasteiger partial charge in [-0.05, 0) is 47.6 Å². The van der Waals surface area contributed by atoms with Crippen LogP contribution in [0.3, 0.4) is 0 Å². The quantitative estimate of drug-likeness (QED) is 0.269. The van der Waals surface area contributed by atoms with E-state index in [1.54, 1.807) is 6.92 Å². The highest BCUT2D eigenvalue weighted by Gasteiger charge is 2.23. The van der Waals surface area contributed by atoms with Gasteiger partial charge in [0, 0.05) is 22.2 Å². The van der Waals surface area contributed by atoms with Crippen molar-refractivity contribution < 1.29 is 19.2 Å². The number of hydrogen-bond acceptors (Lipinski definition) is 5. The van der Waals surface area contributed by atoms with Crippen LogP contribution in [-0.2, 0) is 16.0 Å². The first-order valence-electron chi connectivity index (χ1n) is 8.35. The lowest BCUT2D eigenvalue weighted by atomic mass is 9.99. The molecule has 2 rings (SSSR count). The van der Waals surface area contributed by atoms with E-state index in [0.717, 1.165) is 5.56 Å². The molecule has 0 aromatic heterocycles. The molecule has 0 bridgehead atoms. The van der Waals surface area contributed by atoms with Crippen LogP contribution in [-0.4, -0.2) is 30.0 Å². The number of nitrogens with zero attached hydrogens (tertiary/aromatic N) is 1. The zero-order valence-electron chi connectivity index (χ0n) is 14.7. The van der Waals surface area contributed by atoms with Crippen LogP contribution in [0.25, 0.3) is 0 Å². The van der Waals surface area contributed by atoms with E-state index in [9.17, 15) is 19.7 Å². The van der Waals surface area contributed by atoms with Gasteiger partial charge in [0.1, 0.15) is 0 Å². The van der Waals surface area contributed by atoms with Crippen molar-refractivity contribution in [3.8, 4) is 0 Å². The summed E-state index contributed by atoms with van der Waals surface area (Å²) < 4.78 is 5.70. The summed E-state index contributed by atoms with van der Waals surface area (Å²) in [5.41, 5.74) is 0.994. The fourth-order valence-corrected chi connectivity index (χ4v) is 3.09. The zero-order chi connectivity index (χ0) is 19.8. The highest BCUT2D eigenvalue weighted by atomic mass is 127. The third kappa shape index (κ3) is 6.02. The van der Waals surface area contributed by atoms with Gasteiger partial charge < -0.3 is 10.1 Å². The number of halogens is 1. The molecule has 0 saturated carbocycles. The van der Waals surface area contributed by atoms with E-state index in [1.165, 1.54) is 18.2 Å². The molecule has 0 spiro atoms. The van der Waals surface area contributed by atoms with Gasteiger partial charge >= 0.3 is 5.97 Å². The monoisotopic (exact) mass is 482 g/mol. The standard InChI is InChI=1S/C19H19IN2O5/c1-2-27-19(24)14(10-13-6-4-3-5-7-13)12-21-18(23)16-11-15(22(25)26)8-9-17(16)20/h3-9,11,14H,2,10,12H2,1H3,(H,21,23). The van der Waals surface area contributed by atoms with Gasteiger partial charge in [-0.25, -0.2) is 0 Å². The lowest BCUT2D eigenvalue weighted by molar-refractivity contribution is -0.384. The fourth-order valence-electron chi connectivity index (χ4n) is 2.51. The average Bonchev–Trinajstić information content (AvgIpc) is 2.66. The molecule has 0 aliphatic carbocycles. The van der Waals surface area contributed by atoms with Crippen molar-refractivity contribution >= 4 is 40.2 Å². The number of nitro benzene ring substituents is 1. The van der Waals surface area contributed by atoms with Crippen LogP contribution < -0.4 is 5.32 Å². The van der Waals surface area contributed by atoms with E-state index in [4.69, 9.17) is 4.74 Å². The van der Waals surface area contributed by atoms with E-state index in [1.807, 2.05) is 52.9 Å². The number of rotatable bonds is 8. The minimum Gasteiger partial charge on any atom is -0.466 e. The first kappa shape index (κ1) is 20.8. The summed E-state index contributed by atoms with van der Waals surface area (Å²) >= 11 is 1.94. The number of hydrogen-bond donors (Lipinski definition) is 1. The Labute approximate surface area is 170 Å². The normalized spacial score (nSPS) is 11.5. The molecule has 7 nitrogen and oxygen atoms in total. The molecule has 0 aliphatic heterocycles. The summed E-state index contributed by atoms with van der Waals surface area (Å²) in [6.07, 6.45) is 0.423. The van der Waals surface area contributed by atoms with E-state index in [2.05, 4.69) is 5.32 Å². The molecule has 0 radical (unpaired) electrons. The largest absolute Gasteiger partial charge is 0.466 e. The van der Waals surface area contributed by atoms with Gasteiger partial charge in [-0.1, -0.05) is 30.3 Å². The molecule has 1 unspecified atom stereocenters. The molecule has 0 saturated heterocycles. The summed E-state index contributed by atoms with van der Waals surface area (Å²) in [7, 11) is 0. The summed E-state index contributed by atoms with van der Waals surface area (Å²) in [5.74, 6) is -1.41. The Balaban J connectivity index is 2.11. The minimum atomic E-state index is -0.552. The van der Waals surface area contributed by atoms with Crippen molar-refractivity contribution in [3.05, 3.63) is 73.3 Å². The van der Waals surface area contributed by atoms with Gasteiger partial charge in [0.05, 0.1) is 23.0 Å². The third-order valence-corrected chi connectivity index (χ3v) is 4.80. The van der Waals surface area contributed by atoms with Crippen molar-refractivity contribution in [1.82, 2.24) is 5.32 Å². The molecule has 2 aromatic carbocycles. The molecule has 8 heteroatoms. The second kappa shape index (κ2) is 10.0. The molecule has 0 fully saturated rings. The predicted molar refractivity (Wildman–Crippen MR) is 108 cm³/mol. The zero-order valence-corrected chi connectivity index (χ0v) is 16.8. The van der Waals surface area contributed by atoms with Gasteiger partial charge in [0.15, 0.2) is 0 Å². The Morgan fingerprint density at radius 1 is 1.22 bits per heavy atom. The summed E-state index contributed by atoms with van der Waals surface area (Å²) in [4.78, 5) is 35.1. The molecule has 1 amide bonds. The van der Waals surface area contributed by atoms with Gasteiger partial charge in [0.2, 0.25) is 0 Å². The second-order valence-corrected chi connectivity index (χ2v) is 6.93.